The monoisotopic (exact) mass is 624 g/mol. The molecule has 0 spiro atoms. The van der Waals surface area contributed by atoms with E-state index in [0.29, 0.717) is 12.1 Å². The van der Waals surface area contributed by atoms with Crippen molar-refractivity contribution >= 4 is 29.0 Å². The van der Waals surface area contributed by atoms with Gasteiger partial charge in [-0.15, -0.1) is 0 Å². The summed E-state index contributed by atoms with van der Waals surface area (Å²) in [7, 11) is 1.99. The molecule has 2 aromatic carbocycles. The van der Waals surface area contributed by atoms with Crippen LogP contribution in [0.3, 0.4) is 0 Å². The summed E-state index contributed by atoms with van der Waals surface area (Å²) >= 11 is 0. The number of pyridine rings is 2. The van der Waals surface area contributed by atoms with E-state index in [0.717, 1.165) is 67.2 Å². The maximum atomic E-state index is 13.7. The molecule has 0 N–H and O–H groups in total. The fourth-order valence-electron chi connectivity index (χ4n) is 5.87. The first-order valence-electron chi connectivity index (χ1n) is 15.3. The molecule has 236 valence electrons. The molecule has 0 radical (unpaired) electrons. The molecule has 10 heteroatoms. The number of carbonyl (C=O) groups excluding carboxylic acids is 1. The number of imidazole rings is 1. The smallest absolute Gasteiger partial charge is 0.345 e. The number of hydrogen-bond donors (Lipinski definition) is 0. The molecule has 0 unspecified atom stereocenters. The van der Waals surface area contributed by atoms with Crippen LogP contribution in [0.15, 0.2) is 110 Å². The van der Waals surface area contributed by atoms with E-state index in [1.165, 1.54) is 23.8 Å². The Labute approximate surface area is 266 Å². The number of anilines is 2. The third-order valence-corrected chi connectivity index (χ3v) is 8.53. The van der Waals surface area contributed by atoms with E-state index in [9.17, 15) is 18.0 Å². The van der Waals surface area contributed by atoms with Gasteiger partial charge in [-0.05, 0) is 84.1 Å². The van der Waals surface area contributed by atoms with Gasteiger partial charge in [0.05, 0.1) is 5.56 Å². The van der Waals surface area contributed by atoms with E-state index in [2.05, 4.69) is 31.9 Å². The minimum Gasteiger partial charge on any atom is -0.345 e. The lowest BCUT2D eigenvalue weighted by atomic mass is 10.0. The Morgan fingerprint density at radius 3 is 2.28 bits per heavy atom. The summed E-state index contributed by atoms with van der Waals surface area (Å²) in [6, 6.07) is 21.1. The van der Waals surface area contributed by atoms with Gasteiger partial charge in [0.25, 0.3) is 0 Å². The lowest BCUT2D eigenvalue weighted by Gasteiger charge is -2.38. The van der Waals surface area contributed by atoms with Crippen LogP contribution in [-0.4, -0.2) is 56.3 Å². The summed E-state index contributed by atoms with van der Waals surface area (Å²) in [5, 5.41) is 0. The summed E-state index contributed by atoms with van der Waals surface area (Å²) in [5.41, 5.74) is 4.96. The second-order valence-electron chi connectivity index (χ2n) is 11.6. The predicted octanol–water partition coefficient (Wildman–Crippen LogP) is 7.22. The van der Waals surface area contributed by atoms with Gasteiger partial charge in [0, 0.05) is 87.7 Å². The number of piperidine rings is 1. The number of aromatic nitrogens is 3. The average Bonchev–Trinajstić information content (AvgIpc) is 3.55. The van der Waals surface area contributed by atoms with E-state index >= 15 is 0 Å². The van der Waals surface area contributed by atoms with Crippen molar-refractivity contribution in [1.82, 2.24) is 24.2 Å². The maximum absolute atomic E-state index is 13.7. The quantitative estimate of drug-likeness (QED) is 0.162. The molecule has 5 aromatic rings. The van der Waals surface area contributed by atoms with Crippen molar-refractivity contribution in [3.63, 3.8) is 0 Å². The molecule has 6 rings (SSSR count). The van der Waals surface area contributed by atoms with Crippen molar-refractivity contribution in [3.05, 3.63) is 132 Å². The molecule has 3 aromatic heterocycles. The van der Waals surface area contributed by atoms with Crippen LogP contribution in [0.2, 0.25) is 0 Å². The van der Waals surface area contributed by atoms with Crippen LogP contribution < -0.4 is 4.90 Å². The third-order valence-electron chi connectivity index (χ3n) is 8.53. The van der Waals surface area contributed by atoms with Crippen LogP contribution in [0.5, 0.6) is 0 Å². The Morgan fingerprint density at radius 1 is 0.891 bits per heavy atom. The van der Waals surface area contributed by atoms with Gasteiger partial charge in [0.15, 0.2) is 0 Å². The lowest BCUT2D eigenvalue weighted by molar-refractivity contribution is -0.137. The van der Waals surface area contributed by atoms with Crippen LogP contribution in [0, 0.1) is 0 Å². The molecule has 0 saturated carbocycles. The highest BCUT2D eigenvalue weighted by Crippen LogP contribution is 2.30. The molecule has 1 aliphatic heterocycles. The van der Waals surface area contributed by atoms with Gasteiger partial charge >= 0.3 is 6.18 Å². The van der Waals surface area contributed by atoms with E-state index in [-0.39, 0.29) is 11.9 Å². The van der Waals surface area contributed by atoms with Gasteiger partial charge in [-0.3, -0.25) is 14.7 Å². The van der Waals surface area contributed by atoms with Crippen LogP contribution >= 0.6 is 0 Å². The van der Waals surface area contributed by atoms with E-state index in [1.54, 1.807) is 24.7 Å². The average molecular weight is 625 g/mol. The van der Waals surface area contributed by atoms with Gasteiger partial charge in [0.2, 0.25) is 5.91 Å². The first-order valence-corrected chi connectivity index (χ1v) is 15.3. The van der Waals surface area contributed by atoms with Crippen LogP contribution in [0.25, 0.3) is 11.7 Å². The van der Waals surface area contributed by atoms with Crippen LogP contribution in [0.4, 0.5) is 24.5 Å². The zero-order valence-electron chi connectivity index (χ0n) is 25.5. The Hall–Kier alpha value is -4.96. The molecular weight excluding hydrogens is 589 g/mol. The summed E-state index contributed by atoms with van der Waals surface area (Å²) in [5.74, 6) is -0.166. The number of amides is 1. The lowest BCUT2D eigenvalue weighted by Crippen LogP contribution is -2.46. The molecule has 1 aliphatic rings. The molecule has 0 atom stereocenters. The van der Waals surface area contributed by atoms with E-state index in [1.807, 2.05) is 65.1 Å². The van der Waals surface area contributed by atoms with Crippen LogP contribution in [0.1, 0.15) is 35.1 Å². The number of hydrogen-bond acceptors (Lipinski definition) is 5. The minimum atomic E-state index is -4.40. The highest BCUT2D eigenvalue weighted by Gasteiger charge is 2.30. The highest BCUT2D eigenvalue weighted by atomic mass is 19.4. The first-order chi connectivity index (χ1) is 22.2. The SMILES string of the molecule is CN(c1ccncc1)c1ccc(CN(C(=O)C=Cc2ccc(C(F)(F)F)cc2)C2CCN(Cc3ccn4ccnc4c3)CC2)cc1. The second kappa shape index (κ2) is 13.6. The predicted molar refractivity (Wildman–Crippen MR) is 173 cm³/mol. The van der Waals surface area contributed by atoms with Crippen molar-refractivity contribution in [2.45, 2.75) is 38.1 Å². The van der Waals surface area contributed by atoms with Gasteiger partial charge < -0.3 is 14.2 Å². The summed E-state index contributed by atoms with van der Waals surface area (Å²) in [6.45, 7) is 2.92. The number of nitrogens with zero attached hydrogens (tertiary/aromatic N) is 6. The maximum Gasteiger partial charge on any atom is 0.416 e. The summed E-state index contributed by atoms with van der Waals surface area (Å²) in [6.07, 6.45) is 9.53. The van der Waals surface area contributed by atoms with Gasteiger partial charge in [-0.1, -0.05) is 24.3 Å². The van der Waals surface area contributed by atoms with Crippen molar-refractivity contribution < 1.29 is 18.0 Å². The molecule has 46 heavy (non-hydrogen) atoms. The van der Waals surface area contributed by atoms with Gasteiger partial charge in [-0.25, -0.2) is 4.98 Å². The van der Waals surface area contributed by atoms with Crippen molar-refractivity contribution in [1.29, 1.82) is 0 Å². The van der Waals surface area contributed by atoms with E-state index in [4.69, 9.17) is 0 Å². The third kappa shape index (κ3) is 7.46. The zero-order chi connectivity index (χ0) is 32.1. The summed E-state index contributed by atoms with van der Waals surface area (Å²) in [4.78, 5) is 28.5. The first kappa shape index (κ1) is 31.0. The Morgan fingerprint density at radius 2 is 1.59 bits per heavy atom. The van der Waals surface area contributed by atoms with Crippen LogP contribution in [-0.2, 0) is 24.1 Å². The number of carbonyl (C=O) groups is 1. The van der Waals surface area contributed by atoms with E-state index < -0.39 is 11.7 Å². The van der Waals surface area contributed by atoms with Gasteiger partial charge in [-0.2, -0.15) is 13.2 Å². The second-order valence-corrected chi connectivity index (χ2v) is 11.6. The Kier molecular flexibility index (Phi) is 9.16. The number of likely N-dealkylation sites (tertiary alicyclic amines) is 1. The Balaban J connectivity index is 1.16. The molecule has 0 bridgehead atoms. The molecular formula is C36H35F3N6O. The number of alkyl halides is 3. The molecule has 4 heterocycles. The fraction of sp³-hybridized carbons (Fsp3) is 0.250. The normalized spacial score (nSPS) is 14.6. The molecule has 1 saturated heterocycles. The zero-order valence-corrected chi connectivity index (χ0v) is 25.5. The highest BCUT2D eigenvalue weighted by molar-refractivity contribution is 5.92. The van der Waals surface area contributed by atoms with Crippen molar-refractivity contribution in [3.8, 4) is 0 Å². The van der Waals surface area contributed by atoms with Gasteiger partial charge in [0.1, 0.15) is 5.65 Å². The molecule has 0 aliphatic carbocycles. The topological polar surface area (TPSA) is 57.0 Å². The van der Waals surface area contributed by atoms with Crippen molar-refractivity contribution in [2.75, 3.05) is 25.0 Å². The van der Waals surface area contributed by atoms with Crippen molar-refractivity contribution in [2.24, 2.45) is 0 Å². The number of halogens is 3. The largest absolute Gasteiger partial charge is 0.416 e. The minimum absolute atomic E-state index is 0.0231. The fourth-order valence-corrected chi connectivity index (χ4v) is 5.87. The number of fused-ring (bicyclic) bond motifs is 1. The molecule has 1 fully saturated rings. The molecule has 7 nitrogen and oxygen atoms in total. The Bertz CT molecular complexity index is 1780. The summed E-state index contributed by atoms with van der Waals surface area (Å²) < 4.78 is 41.0. The molecule has 1 amide bonds. The number of benzene rings is 2. The number of rotatable bonds is 9. The standard InChI is InChI=1S/C36H35F3N6O/c1-42(32-12-17-40-18-13-32)31-9-4-28(5-10-31)26-45(35(46)11-6-27-2-7-30(8-3-27)36(37,38)39)33-15-20-43(21-16-33)25-29-14-22-44-23-19-41-34(44)24-29/h2-14,17-19,22-24,33H,15-16,20-21,25-26H2,1H3.